The van der Waals surface area contributed by atoms with Crippen molar-refractivity contribution in [1.29, 1.82) is 0 Å². The maximum Gasteiger partial charge on any atom is 0.0224 e. The summed E-state index contributed by atoms with van der Waals surface area (Å²) in [6, 6.07) is 1.61. The van der Waals surface area contributed by atoms with Gasteiger partial charge in [0.1, 0.15) is 0 Å². The van der Waals surface area contributed by atoms with Crippen molar-refractivity contribution in [2.45, 2.75) is 57.5 Å². The number of hydrogen-bond acceptors (Lipinski definition) is 3. The first-order valence-corrected chi connectivity index (χ1v) is 8.45. The molecule has 18 heavy (non-hydrogen) atoms. The van der Waals surface area contributed by atoms with Crippen LogP contribution in [-0.4, -0.2) is 53.8 Å². The number of hydrogen-bond donors (Lipinski definition) is 1. The first kappa shape index (κ1) is 13.3. The Balaban J connectivity index is 1.64. The van der Waals surface area contributed by atoms with Gasteiger partial charge in [-0.2, -0.15) is 12.6 Å². The fraction of sp³-hybridized carbons (Fsp3) is 1.00. The Kier molecular flexibility index (Phi) is 3.93. The van der Waals surface area contributed by atoms with Gasteiger partial charge in [-0.1, -0.05) is 12.8 Å². The topological polar surface area (TPSA) is 6.48 Å². The normalized spacial score (nSPS) is 37.0. The Morgan fingerprint density at radius 1 is 1.17 bits per heavy atom. The van der Waals surface area contributed by atoms with Gasteiger partial charge in [0.25, 0.3) is 0 Å². The SMILES string of the molecule is CC1CN2CCCC2CN1CC1(CS)CCCC1. The molecular formula is C15H28N2S. The summed E-state index contributed by atoms with van der Waals surface area (Å²) in [6.07, 6.45) is 8.53. The van der Waals surface area contributed by atoms with Gasteiger partial charge in [0.2, 0.25) is 0 Å². The highest BCUT2D eigenvalue weighted by Crippen LogP contribution is 2.40. The molecule has 0 aromatic heterocycles. The first-order chi connectivity index (χ1) is 8.72. The van der Waals surface area contributed by atoms with Gasteiger partial charge in [0, 0.05) is 31.7 Å². The fourth-order valence-electron chi connectivity index (χ4n) is 4.39. The molecule has 2 atom stereocenters. The van der Waals surface area contributed by atoms with Crippen LogP contribution in [0.2, 0.25) is 0 Å². The summed E-state index contributed by atoms with van der Waals surface area (Å²) in [5.41, 5.74) is 0.540. The molecule has 104 valence electrons. The van der Waals surface area contributed by atoms with Gasteiger partial charge in [-0.3, -0.25) is 9.80 Å². The van der Waals surface area contributed by atoms with E-state index in [9.17, 15) is 0 Å². The second-order valence-electron chi connectivity index (χ2n) is 6.93. The molecule has 0 amide bonds. The van der Waals surface area contributed by atoms with E-state index in [0.717, 1.165) is 17.8 Å². The molecule has 3 aliphatic rings. The Hall–Kier alpha value is 0.270. The lowest BCUT2D eigenvalue weighted by molar-refractivity contribution is 0.0321. The number of piperazine rings is 1. The third-order valence-corrected chi connectivity index (χ3v) is 6.28. The quantitative estimate of drug-likeness (QED) is 0.786. The molecule has 2 heterocycles. The van der Waals surface area contributed by atoms with E-state index in [4.69, 9.17) is 0 Å². The zero-order chi connectivity index (χ0) is 12.6. The summed E-state index contributed by atoms with van der Waals surface area (Å²) in [7, 11) is 0. The summed E-state index contributed by atoms with van der Waals surface area (Å²) in [5, 5.41) is 0. The predicted octanol–water partition coefficient (Wildman–Crippen LogP) is 2.65. The van der Waals surface area contributed by atoms with Crippen molar-refractivity contribution < 1.29 is 0 Å². The summed E-state index contributed by atoms with van der Waals surface area (Å²) in [4.78, 5) is 5.51. The lowest BCUT2D eigenvalue weighted by Gasteiger charge is -2.45. The Bertz CT molecular complexity index is 288. The van der Waals surface area contributed by atoms with Crippen molar-refractivity contribution in [2.24, 2.45) is 5.41 Å². The molecule has 0 aromatic carbocycles. The van der Waals surface area contributed by atoms with E-state index in [2.05, 4.69) is 29.4 Å². The van der Waals surface area contributed by atoms with Crippen molar-refractivity contribution in [2.75, 3.05) is 31.9 Å². The van der Waals surface area contributed by atoms with Crippen molar-refractivity contribution in [3.05, 3.63) is 0 Å². The highest BCUT2D eigenvalue weighted by molar-refractivity contribution is 7.80. The van der Waals surface area contributed by atoms with Gasteiger partial charge in [0.15, 0.2) is 0 Å². The van der Waals surface area contributed by atoms with E-state index in [-0.39, 0.29) is 0 Å². The van der Waals surface area contributed by atoms with Crippen LogP contribution < -0.4 is 0 Å². The van der Waals surface area contributed by atoms with Gasteiger partial charge in [-0.05, 0) is 50.3 Å². The van der Waals surface area contributed by atoms with Gasteiger partial charge < -0.3 is 0 Å². The van der Waals surface area contributed by atoms with Crippen LogP contribution in [0.25, 0.3) is 0 Å². The molecular weight excluding hydrogens is 240 g/mol. The molecule has 3 rings (SSSR count). The second-order valence-corrected chi connectivity index (χ2v) is 7.25. The molecule has 2 nitrogen and oxygen atoms in total. The minimum atomic E-state index is 0.540. The van der Waals surface area contributed by atoms with Crippen LogP contribution in [0.3, 0.4) is 0 Å². The molecule has 2 unspecified atom stereocenters. The van der Waals surface area contributed by atoms with Gasteiger partial charge in [-0.15, -0.1) is 0 Å². The van der Waals surface area contributed by atoms with Crippen molar-refractivity contribution in [3.63, 3.8) is 0 Å². The van der Waals surface area contributed by atoms with Crippen molar-refractivity contribution >= 4 is 12.6 Å². The van der Waals surface area contributed by atoms with E-state index in [1.165, 1.54) is 64.7 Å². The highest BCUT2D eigenvalue weighted by atomic mass is 32.1. The van der Waals surface area contributed by atoms with Crippen molar-refractivity contribution in [1.82, 2.24) is 9.80 Å². The minimum absolute atomic E-state index is 0.540. The first-order valence-electron chi connectivity index (χ1n) is 7.81. The lowest BCUT2D eigenvalue weighted by Crippen LogP contribution is -2.57. The summed E-state index contributed by atoms with van der Waals surface area (Å²) in [5.74, 6) is 1.09. The maximum atomic E-state index is 4.67. The Labute approximate surface area is 118 Å². The molecule has 2 aliphatic heterocycles. The lowest BCUT2D eigenvalue weighted by atomic mass is 9.87. The van der Waals surface area contributed by atoms with Crippen LogP contribution in [0.5, 0.6) is 0 Å². The third-order valence-electron chi connectivity index (χ3n) is 5.60. The molecule has 3 fully saturated rings. The average molecular weight is 268 g/mol. The number of nitrogens with zero attached hydrogens (tertiary/aromatic N) is 2. The van der Waals surface area contributed by atoms with E-state index >= 15 is 0 Å². The van der Waals surface area contributed by atoms with Gasteiger partial charge in [0.05, 0.1) is 0 Å². The molecule has 0 radical (unpaired) electrons. The van der Waals surface area contributed by atoms with Crippen LogP contribution in [0.15, 0.2) is 0 Å². The van der Waals surface area contributed by atoms with Crippen LogP contribution in [0, 0.1) is 5.41 Å². The highest BCUT2D eigenvalue weighted by Gasteiger charge is 2.40. The smallest absolute Gasteiger partial charge is 0.0224 e. The summed E-state index contributed by atoms with van der Waals surface area (Å²) in [6.45, 7) is 7.70. The maximum absolute atomic E-state index is 4.67. The number of fused-ring (bicyclic) bond motifs is 1. The van der Waals surface area contributed by atoms with Crippen LogP contribution in [0.1, 0.15) is 45.4 Å². The Morgan fingerprint density at radius 3 is 2.67 bits per heavy atom. The van der Waals surface area contributed by atoms with Gasteiger partial charge in [-0.25, -0.2) is 0 Å². The molecule has 2 saturated heterocycles. The molecule has 0 N–H and O–H groups in total. The number of rotatable bonds is 3. The van der Waals surface area contributed by atoms with E-state index < -0.39 is 0 Å². The predicted molar refractivity (Wildman–Crippen MR) is 80.4 cm³/mol. The zero-order valence-electron chi connectivity index (χ0n) is 11.8. The summed E-state index contributed by atoms with van der Waals surface area (Å²) < 4.78 is 0. The van der Waals surface area contributed by atoms with E-state index in [1.54, 1.807) is 0 Å². The monoisotopic (exact) mass is 268 g/mol. The van der Waals surface area contributed by atoms with Crippen LogP contribution >= 0.6 is 12.6 Å². The van der Waals surface area contributed by atoms with E-state index in [0.29, 0.717) is 5.41 Å². The molecule has 3 heteroatoms. The molecule has 1 saturated carbocycles. The standard InChI is InChI=1S/C15H28N2S/c1-13-9-16-8-4-5-14(16)10-17(13)11-15(12-18)6-2-3-7-15/h13-14,18H,2-12H2,1H3. The minimum Gasteiger partial charge on any atom is -0.298 e. The van der Waals surface area contributed by atoms with Crippen LogP contribution in [-0.2, 0) is 0 Å². The molecule has 1 aliphatic carbocycles. The average Bonchev–Trinajstić information content (AvgIpc) is 2.99. The molecule has 0 aromatic rings. The molecule has 0 spiro atoms. The van der Waals surface area contributed by atoms with Gasteiger partial charge >= 0.3 is 0 Å². The fourth-order valence-corrected chi connectivity index (χ4v) is 4.81. The summed E-state index contributed by atoms with van der Waals surface area (Å²) >= 11 is 4.67. The van der Waals surface area contributed by atoms with Crippen LogP contribution in [0.4, 0.5) is 0 Å². The second kappa shape index (κ2) is 5.34. The van der Waals surface area contributed by atoms with E-state index in [1.807, 2.05) is 0 Å². The largest absolute Gasteiger partial charge is 0.298 e. The zero-order valence-corrected chi connectivity index (χ0v) is 12.7. The van der Waals surface area contributed by atoms with Crippen molar-refractivity contribution in [3.8, 4) is 0 Å². The Morgan fingerprint density at radius 2 is 1.94 bits per heavy atom. The molecule has 0 bridgehead atoms. The third kappa shape index (κ3) is 2.46. The number of thiol groups is 1.